The molecule has 0 saturated carbocycles. The van der Waals surface area contributed by atoms with E-state index in [1.807, 2.05) is 55.5 Å². The van der Waals surface area contributed by atoms with Crippen molar-refractivity contribution < 1.29 is 14.1 Å². The highest BCUT2D eigenvalue weighted by Crippen LogP contribution is 2.57. The van der Waals surface area contributed by atoms with Crippen LogP contribution in [0.2, 0.25) is 0 Å². The van der Waals surface area contributed by atoms with Crippen molar-refractivity contribution in [2.24, 2.45) is 4.99 Å². The van der Waals surface area contributed by atoms with E-state index in [0.29, 0.717) is 23.8 Å². The Balaban J connectivity index is 1.46. The van der Waals surface area contributed by atoms with Gasteiger partial charge in [0.25, 0.3) is 0 Å². The lowest BCUT2D eigenvalue weighted by Crippen LogP contribution is -2.30. The van der Waals surface area contributed by atoms with Gasteiger partial charge < -0.3 is 9.26 Å². The Hall–Kier alpha value is -2.80. The van der Waals surface area contributed by atoms with Crippen LogP contribution in [0.3, 0.4) is 0 Å². The van der Waals surface area contributed by atoms with Crippen molar-refractivity contribution in [1.29, 1.82) is 0 Å². The van der Waals surface area contributed by atoms with Crippen LogP contribution in [0.1, 0.15) is 34.5 Å². The first kappa shape index (κ1) is 22.0. The van der Waals surface area contributed by atoms with Crippen molar-refractivity contribution in [3.8, 4) is 0 Å². The number of fused-ring (bicyclic) bond motifs is 1. The summed E-state index contributed by atoms with van der Waals surface area (Å²) in [5.41, 5.74) is 2.24. The average molecular weight is 481 g/mol. The van der Waals surface area contributed by atoms with Gasteiger partial charge in [-0.05, 0) is 55.8 Å². The lowest BCUT2D eigenvalue weighted by molar-refractivity contribution is 0.0488. The number of esters is 1. The highest BCUT2D eigenvalue weighted by molar-refractivity contribution is 8.15. The van der Waals surface area contributed by atoms with Crippen molar-refractivity contribution in [2.75, 3.05) is 19.7 Å². The summed E-state index contributed by atoms with van der Waals surface area (Å²) in [4.78, 5) is 17.2. The van der Waals surface area contributed by atoms with Gasteiger partial charge in [-0.1, -0.05) is 36.4 Å². The van der Waals surface area contributed by atoms with Gasteiger partial charge in [-0.3, -0.25) is 0 Å². The van der Waals surface area contributed by atoms with Crippen LogP contribution in [-0.2, 0) is 27.6 Å². The topological polar surface area (TPSA) is 69.0 Å². The van der Waals surface area contributed by atoms with Crippen LogP contribution >= 0.6 is 6.42 Å². The molecule has 1 aromatic heterocycles. The second kappa shape index (κ2) is 9.21. The molecule has 2 aromatic carbocycles. The molecule has 2 aliphatic heterocycles. The minimum Gasteiger partial charge on any atom is -0.460 e. The Morgan fingerprint density at radius 1 is 1.09 bits per heavy atom. The Labute approximate surface area is 198 Å². The predicted octanol–water partition coefficient (Wildman–Crippen LogP) is 4.19. The van der Waals surface area contributed by atoms with E-state index >= 15 is 0 Å². The monoisotopic (exact) mass is 480 g/mol. The maximum atomic E-state index is 12.3. The van der Waals surface area contributed by atoms with Gasteiger partial charge in [-0.25, -0.2) is 14.1 Å². The van der Waals surface area contributed by atoms with Crippen LogP contribution in [0.5, 0.6) is 0 Å². The van der Waals surface area contributed by atoms with E-state index in [-0.39, 0.29) is 12.6 Å². The number of carbonyl (C=O) groups excluding carboxylic acids is 1. The summed E-state index contributed by atoms with van der Waals surface area (Å²) in [6.07, 6.45) is -0.326. The number of aromatic nitrogens is 2. The Morgan fingerprint density at radius 3 is 2.45 bits per heavy atom. The smallest absolute Gasteiger partial charge is 0.338 e. The summed E-state index contributed by atoms with van der Waals surface area (Å²) in [6.45, 7) is 4.35. The van der Waals surface area contributed by atoms with Crippen LogP contribution < -0.4 is 5.30 Å². The Morgan fingerprint density at radius 2 is 1.76 bits per heavy atom. The molecule has 5 rings (SSSR count). The molecule has 2 aliphatic rings. The molecule has 0 N–H and O–H groups in total. The molecular formula is C24H25N4O3PS. The predicted molar refractivity (Wildman–Crippen MR) is 132 cm³/mol. The molecule has 3 heterocycles. The fraction of sp³-hybridized carbons (Fsp3) is 0.292. The number of aliphatic imine (C=N–C) groups is 1. The highest BCUT2D eigenvalue weighted by Gasteiger charge is 2.42. The molecule has 1 fully saturated rings. The molecule has 0 radical (unpaired) electrons. The lowest BCUT2D eigenvalue weighted by Gasteiger charge is -2.34. The Kier molecular flexibility index (Phi) is 6.15. The summed E-state index contributed by atoms with van der Waals surface area (Å²) in [7, 11) is 0. The summed E-state index contributed by atoms with van der Waals surface area (Å²) in [5.74, 6) is 0.886. The molecule has 1 atom stereocenters. The van der Waals surface area contributed by atoms with E-state index in [1.54, 1.807) is 16.8 Å². The zero-order chi connectivity index (χ0) is 22.8. The molecule has 1 saturated heterocycles. The van der Waals surface area contributed by atoms with E-state index in [0.717, 1.165) is 42.5 Å². The first-order valence-corrected chi connectivity index (χ1v) is 13.7. The zero-order valence-electron chi connectivity index (χ0n) is 18.4. The third kappa shape index (κ3) is 4.26. The molecule has 33 heavy (non-hydrogen) atoms. The number of rotatable bonds is 6. The molecule has 0 aliphatic carbocycles. The fourth-order valence-corrected chi connectivity index (χ4v) is 8.07. The summed E-state index contributed by atoms with van der Waals surface area (Å²) < 4.78 is 16.1. The van der Waals surface area contributed by atoms with Crippen molar-refractivity contribution >= 4 is 41.2 Å². The number of benzene rings is 2. The molecule has 3 aromatic rings. The molecule has 1 unspecified atom stereocenters. The molecule has 170 valence electrons. The van der Waals surface area contributed by atoms with E-state index in [9.17, 15) is 4.79 Å². The van der Waals surface area contributed by atoms with Crippen LogP contribution in [-0.4, -0.2) is 46.0 Å². The summed E-state index contributed by atoms with van der Waals surface area (Å²) >= 11 is 6.26. The Bertz CT molecular complexity index is 1240. The molecule has 0 spiro atoms. The van der Waals surface area contributed by atoms with E-state index in [4.69, 9.17) is 31.2 Å². The van der Waals surface area contributed by atoms with E-state index < -0.39 is 6.42 Å². The van der Waals surface area contributed by atoms with Gasteiger partial charge in [0, 0.05) is 18.7 Å². The third-order valence-electron chi connectivity index (χ3n) is 5.79. The summed E-state index contributed by atoms with van der Waals surface area (Å²) in [5, 5.41) is 5.64. The first-order valence-electron chi connectivity index (χ1n) is 11.1. The minimum atomic E-state index is -2.54. The SMILES string of the molecule is Cc1nn(CCOC(=O)c2ccccc2)c2c1P(=S)(N1CCCC1)OC(c1ccccc1)=N2. The van der Waals surface area contributed by atoms with Crippen molar-refractivity contribution in [3.63, 3.8) is 0 Å². The fourth-order valence-electron chi connectivity index (χ4n) is 4.18. The molecule has 0 bridgehead atoms. The number of hydrogen-bond donors (Lipinski definition) is 0. The second-order valence-electron chi connectivity index (χ2n) is 8.04. The van der Waals surface area contributed by atoms with Gasteiger partial charge >= 0.3 is 5.97 Å². The minimum absolute atomic E-state index is 0.185. The maximum absolute atomic E-state index is 12.3. The van der Waals surface area contributed by atoms with Crippen LogP contribution in [0.25, 0.3) is 0 Å². The van der Waals surface area contributed by atoms with Gasteiger partial charge in [0.1, 0.15) is 11.9 Å². The normalized spacial score (nSPS) is 20.1. The number of ether oxygens (including phenoxy) is 1. The number of aryl methyl sites for hydroxylation is 1. The molecular weight excluding hydrogens is 455 g/mol. The van der Waals surface area contributed by atoms with E-state index in [1.165, 1.54) is 0 Å². The van der Waals surface area contributed by atoms with Crippen molar-refractivity contribution in [1.82, 2.24) is 14.5 Å². The van der Waals surface area contributed by atoms with Gasteiger partial charge in [0.2, 0.25) is 12.3 Å². The molecule has 9 heteroatoms. The second-order valence-corrected chi connectivity index (χ2v) is 11.8. The lowest BCUT2D eigenvalue weighted by atomic mass is 10.2. The van der Waals surface area contributed by atoms with E-state index in [2.05, 4.69) is 4.67 Å². The largest absolute Gasteiger partial charge is 0.460 e. The molecule has 7 nitrogen and oxygen atoms in total. The first-order chi connectivity index (χ1) is 16.1. The van der Waals surface area contributed by atoms with Crippen molar-refractivity contribution in [2.45, 2.75) is 26.3 Å². The number of hydrogen-bond acceptors (Lipinski definition) is 6. The summed E-state index contributed by atoms with van der Waals surface area (Å²) in [6, 6.07) is 18.8. The average Bonchev–Trinajstić information content (AvgIpc) is 3.50. The van der Waals surface area contributed by atoms with Crippen LogP contribution in [0, 0.1) is 6.92 Å². The van der Waals surface area contributed by atoms with Crippen LogP contribution in [0.15, 0.2) is 65.7 Å². The quantitative estimate of drug-likeness (QED) is 0.389. The highest BCUT2D eigenvalue weighted by atomic mass is 32.4. The zero-order valence-corrected chi connectivity index (χ0v) is 20.1. The number of nitrogens with zero attached hydrogens (tertiary/aromatic N) is 4. The van der Waals surface area contributed by atoms with Gasteiger partial charge in [0.15, 0.2) is 5.82 Å². The standard InChI is InChI=1S/C24H25N4O3PS/c1-18-21-22(28(26-18)16-17-30-24(29)20-12-6-3-7-13-20)25-23(19-10-4-2-5-11-19)31-32(21,33)27-14-8-9-15-27/h2-7,10-13H,8-9,14-17H2,1H3. The molecule has 0 amide bonds. The third-order valence-corrected chi connectivity index (χ3v) is 9.91. The van der Waals surface area contributed by atoms with Gasteiger partial charge in [-0.2, -0.15) is 10.1 Å². The van der Waals surface area contributed by atoms with Gasteiger partial charge in [0.05, 0.1) is 17.8 Å². The van der Waals surface area contributed by atoms with Gasteiger partial charge in [-0.15, -0.1) is 0 Å². The number of carbonyl (C=O) groups is 1. The van der Waals surface area contributed by atoms with Crippen molar-refractivity contribution in [3.05, 3.63) is 77.5 Å². The van der Waals surface area contributed by atoms with Crippen LogP contribution in [0.4, 0.5) is 5.82 Å². The maximum Gasteiger partial charge on any atom is 0.338 e.